The smallest absolute Gasteiger partial charge is 0.0894 e. The molecule has 0 saturated carbocycles. The molecule has 0 amide bonds. The Morgan fingerprint density at radius 3 is 3.07 bits per heavy atom. The van der Waals surface area contributed by atoms with Crippen molar-refractivity contribution in [3.63, 3.8) is 0 Å². The fourth-order valence-corrected chi connectivity index (χ4v) is 2.12. The summed E-state index contributed by atoms with van der Waals surface area (Å²) in [7, 11) is 0. The first kappa shape index (κ1) is 10.1. The highest BCUT2D eigenvalue weighted by atomic mass is 79.9. The van der Waals surface area contributed by atoms with E-state index >= 15 is 0 Å². The summed E-state index contributed by atoms with van der Waals surface area (Å²) in [6.07, 6.45) is 0.649. The Morgan fingerprint density at radius 1 is 1.50 bits per heavy atom. The molecule has 1 heterocycles. The number of halogens is 1. The Balaban J connectivity index is 2.52. The van der Waals surface area contributed by atoms with Gasteiger partial charge in [0.2, 0.25) is 0 Å². The second-order valence-electron chi connectivity index (χ2n) is 3.88. The molecule has 0 radical (unpaired) electrons. The maximum Gasteiger partial charge on any atom is 0.0894 e. The normalized spacial score (nSPS) is 26.8. The number of hydrogen-bond donors (Lipinski definition) is 1. The quantitative estimate of drug-likeness (QED) is 0.774. The first-order valence-corrected chi connectivity index (χ1v) is 5.48. The van der Waals surface area contributed by atoms with Crippen LogP contribution in [0.2, 0.25) is 0 Å². The van der Waals surface area contributed by atoms with E-state index < -0.39 is 5.60 Å². The lowest BCUT2D eigenvalue weighted by Gasteiger charge is -2.23. The molecule has 0 spiro atoms. The largest absolute Gasteiger partial charge is 0.385 e. The van der Waals surface area contributed by atoms with Crippen LogP contribution in [-0.4, -0.2) is 11.7 Å². The minimum absolute atomic E-state index is 0.596. The average Bonchev–Trinajstić information content (AvgIpc) is 2.26. The molecular formula is C11H13BrO2. The predicted molar refractivity (Wildman–Crippen MR) is 58.0 cm³/mol. The molecule has 1 aliphatic rings. The molecule has 2 rings (SSSR count). The van der Waals surface area contributed by atoms with Gasteiger partial charge in [-0.1, -0.05) is 22.0 Å². The molecule has 1 N–H and O–H groups in total. The summed E-state index contributed by atoms with van der Waals surface area (Å²) in [6.45, 7) is 3.05. The fourth-order valence-electron chi connectivity index (χ4n) is 1.76. The van der Waals surface area contributed by atoms with E-state index in [9.17, 15) is 5.11 Å². The van der Waals surface area contributed by atoms with Gasteiger partial charge in [-0.25, -0.2) is 0 Å². The maximum absolute atomic E-state index is 10.2. The average molecular weight is 257 g/mol. The fraction of sp³-hybridized carbons (Fsp3) is 0.455. The molecule has 1 unspecified atom stereocenters. The lowest BCUT2D eigenvalue weighted by Crippen LogP contribution is -2.22. The van der Waals surface area contributed by atoms with Gasteiger partial charge in [-0.05, 0) is 30.2 Å². The van der Waals surface area contributed by atoms with Gasteiger partial charge in [0.15, 0.2) is 0 Å². The van der Waals surface area contributed by atoms with Gasteiger partial charge in [0.25, 0.3) is 0 Å². The number of aliphatic hydroxyl groups is 1. The molecule has 0 fully saturated rings. The van der Waals surface area contributed by atoms with Crippen molar-refractivity contribution in [1.82, 2.24) is 0 Å². The van der Waals surface area contributed by atoms with Crippen molar-refractivity contribution in [3.05, 3.63) is 33.8 Å². The van der Waals surface area contributed by atoms with Crippen LogP contribution in [0.3, 0.4) is 0 Å². The van der Waals surface area contributed by atoms with Crippen LogP contribution in [0.15, 0.2) is 22.7 Å². The van der Waals surface area contributed by atoms with Gasteiger partial charge in [0, 0.05) is 10.9 Å². The Bertz CT molecular complexity index is 347. The van der Waals surface area contributed by atoms with E-state index in [2.05, 4.69) is 15.9 Å². The van der Waals surface area contributed by atoms with E-state index in [0.717, 1.165) is 15.6 Å². The SMILES string of the molecule is CC1(O)CCOCc2ccc(Br)cc21. The molecule has 0 aliphatic carbocycles. The molecule has 0 bridgehead atoms. The predicted octanol–water partition coefficient (Wildman–Crippen LogP) is 2.58. The van der Waals surface area contributed by atoms with Crippen LogP contribution in [0, 0.1) is 0 Å². The summed E-state index contributed by atoms with van der Waals surface area (Å²) in [6, 6.07) is 5.95. The van der Waals surface area contributed by atoms with Crippen molar-refractivity contribution in [2.75, 3.05) is 6.61 Å². The second kappa shape index (κ2) is 3.65. The molecule has 1 aromatic rings. The molecular weight excluding hydrogens is 244 g/mol. The van der Waals surface area contributed by atoms with Gasteiger partial charge in [0.05, 0.1) is 18.8 Å². The summed E-state index contributed by atoms with van der Waals surface area (Å²) in [5.74, 6) is 0. The molecule has 14 heavy (non-hydrogen) atoms. The molecule has 1 atom stereocenters. The third-order valence-electron chi connectivity index (χ3n) is 2.64. The zero-order chi connectivity index (χ0) is 10.2. The first-order valence-electron chi connectivity index (χ1n) is 4.69. The van der Waals surface area contributed by atoms with Crippen molar-refractivity contribution in [2.24, 2.45) is 0 Å². The summed E-state index contributed by atoms with van der Waals surface area (Å²) >= 11 is 3.42. The van der Waals surface area contributed by atoms with E-state index in [1.54, 1.807) is 0 Å². The Hall–Kier alpha value is -0.380. The van der Waals surface area contributed by atoms with Crippen molar-refractivity contribution in [2.45, 2.75) is 25.6 Å². The lowest BCUT2D eigenvalue weighted by molar-refractivity contribution is 0.0213. The van der Waals surface area contributed by atoms with Gasteiger partial charge < -0.3 is 9.84 Å². The summed E-state index contributed by atoms with van der Waals surface area (Å²) in [5.41, 5.74) is 1.29. The number of rotatable bonds is 0. The lowest BCUT2D eigenvalue weighted by atomic mass is 9.90. The van der Waals surface area contributed by atoms with Gasteiger partial charge in [-0.15, -0.1) is 0 Å². The van der Waals surface area contributed by atoms with Gasteiger partial charge in [-0.2, -0.15) is 0 Å². The first-order chi connectivity index (χ1) is 6.59. The van der Waals surface area contributed by atoms with Crippen molar-refractivity contribution in [1.29, 1.82) is 0 Å². The third-order valence-corrected chi connectivity index (χ3v) is 3.14. The highest BCUT2D eigenvalue weighted by Crippen LogP contribution is 2.32. The molecule has 0 saturated heterocycles. The van der Waals surface area contributed by atoms with Crippen LogP contribution in [0.5, 0.6) is 0 Å². The van der Waals surface area contributed by atoms with Gasteiger partial charge in [-0.3, -0.25) is 0 Å². The summed E-state index contributed by atoms with van der Waals surface area (Å²) < 4.78 is 6.42. The minimum atomic E-state index is -0.768. The van der Waals surface area contributed by atoms with Crippen molar-refractivity contribution < 1.29 is 9.84 Å². The Morgan fingerprint density at radius 2 is 2.29 bits per heavy atom. The van der Waals surface area contributed by atoms with Gasteiger partial charge >= 0.3 is 0 Å². The Kier molecular flexibility index (Phi) is 2.64. The summed E-state index contributed by atoms with van der Waals surface area (Å²) in [4.78, 5) is 0. The van der Waals surface area contributed by atoms with Crippen LogP contribution >= 0.6 is 15.9 Å². The van der Waals surface area contributed by atoms with E-state index in [4.69, 9.17) is 4.74 Å². The van der Waals surface area contributed by atoms with E-state index in [0.29, 0.717) is 19.6 Å². The Labute approximate surface area is 92.0 Å². The monoisotopic (exact) mass is 256 g/mol. The molecule has 2 nitrogen and oxygen atoms in total. The highest BCUT2D eigenvalue weighted by Gasteiger charge is 2.28. The van der Waals surface area contributed by atoms with Crippen molar-refractivity contribution >= 4 is 15.9 Å². The second-order valence-corrected chi connectivity index (χ2v) is 4.79. The zero-order valence-corrected chi connectivity index (χ0v) is 9.67. The van der Waals surface area contributed by atoms with Crippen LogP contribution in [0.25, 0.3) is 0 Å². The van der Waals surface area contributed by atoms with Gasteiger partial charge in [0.1, 0.15) is 0 Å². The topological polar surface area (TPSA) is 29.5 Å². The zero-order valence-electron chi connectivity index (χ0n) is 8.09. The van der Waals surface area contributed by atoms with E-state index in [-0.39, 0.29) is 0 Å². The third kappa shape index (κ3) is 1.85. The van der Waals surface area contributed by atoms with Crippen LogP contribution in [-0.2, 0) is 16.9 Å². The number of benzene rings is 1. The minimum Gasteiger partial charge on any atom is -0.385 e. The maximum atomic E-state index is 10.2. The summed E-state index contributed by atoms with van der Waals surface area (Å²) in [5, 5.41) is 10.2. The molecule has 76 valence electrons. The number of hydrogen-bond acceptors (Lipinski definition) is 2. The van der Waals surface area contributed by atoms with Crippen molar-refractivity contribution in [3.8, 4) is 0 Å². The standard InChI is InChI=1S/C11H13BrO2/c1-11(13)4-5-14-7-8-2-3-9(12)6-10(8)11/h2-3,6,13H,4-5,7H2,1H3. The number of ether oxygens (including phenoxy) is 1. The molecule has 1 aromatic carbocycles. The molecule has 1 aliphatic heterocycles. The number of fused-ring (bicyclic) bond motifs is 1. The molecule has 3 heteroatoms. The van der Waals surface area contributed by atoms with E-state index in [1.807, 2.05) is 25.1 Å². The van der Waals surface area contributed by atoms with Crippen LogP contribution in [0.4, 0.5) is 0 Å². The van der Waals surface area contributed by atoms with Crippen LogP contribution < -0.4 is 0 Å². The van der Waals surface area contributed by atoms with Crippen LogP contribution in [0.1, 0.15) is 24.5 Å². The van der Waals surface area contributed by atoms with E-state index in [1.165, 1.54) is 0 Å². The highest BCUT2D eigenvalue weighted by molar-refractivity contribution is 9.10. The molecule has 0 aromatic heterocycles.